The number of carbonyl (C=O) groups is 1. The molecule has 0 aromatic carbocycles. The van der Waals surface area contributed by atoms with E-state index in [4.69, 9.17) is 4.55 Å². The van der Waals surface area contributed by atoms with E-state index in [-0.39, 0.29) is 17.1 Å². The van der Waals surface area contributed by atoms with Gasteiger partial charge in [-0.2, -0.15) is 8.42 Å². The second-order valence-electron chi connectivity index (χ2n) is 7.04. The van der Waals surface area contributed by atoms with Crippen molar-refractivity contribution in [1.82, 2.24) is 5.32 Å². The van der Waals surface area contributed by atoms with Crippen molar-refractivity contribution in [2.24, 2.45) is 16.7 Å². The number of fused-ring (bicyclic) bond motifs is 2. The maximum atomic E-state index is 11.9. The highest BCUT2D eigenvalue weighted by Crippen LogP contribution is 2.64. The summed E-state index contributed by atoms with van der Waals surface area (Å²) >= 11 is 0. The third-order valence-corrected chi connectivity index (χ3v) is 6.50. The highest BCUT2D eigenvalue weighted by atomic mass is 32.2. The molecule has 2 bridgehead atoms. The molecular weight excluding hydrogens is 278 g/mol. The third kappa shape index (κ3) is 2.65. The quantitative estimate of drug-likeness (QED) is 0.758. The molecule has 0 amide bonds. The number of rotatable bonds is 2. The van der Waals surface area contributed by atoms with Crippen LogP contribution in [0.4, 0.5) is 0 Å². The normalized spacial score (nSPS) is 38.1. The van der Waals surface area contributed by atoms with Gasteiger partial charge >= 0.3 is 0 Å². The molecule has 1 heterocycles. The lowest BCUT2D eigenvalue weighted by molar-refractivity contribution is -0.128. The molecule has 3 atom stereocenters. The number of carbonyl (C=O) groups excluding carboxylic acids is 1. The largest absolute Gasteiger partial charge is 0.314 e. The van der Waals surface area contributed by atoms with Crippen LogP contribution in [0.15, 0.2) is 0 Å². The van der Waals surface area contributed by atoms with Gasteiger partial charge in [-0.05, 0) is 44.1 Å². The van der Waals surface area contributed by atoms with E-state index >= 15 is 0 Å². The molecule has 1 saturated heterocycles. The number of hydrogen-bond acceptors (Lipinski definition) is 4. The summed E-state index contributed by atoms with van der Waals surface area (Å²) in [7, 11) is -4.08. The Morgan fingerprint density at radius 3 is 2.15 bits per heavy atom. The van der Waals surface area contributed by atoms with Crippen molar-refractivity contribution in [3.05, 3.63) is 0 Å². The Balaban J connectivity index is 0.000000247. The van der Waals surface area contributed by atoms with Crippen LogP contribution in [0.25, 0.3) is 0 Å². The van der Waals surface area contributed by atoms with Crippen LogP contribution in [-0.4, -0.2) is 37.1 Å². The van der Waals surface area contributed by atoms with Crippen molar-refractivity contribution in [1.29, 1.82) is 0 Å². The van der Waals surface area contributed by atoms with Crippen LogP contribution in [0, 0.1) is 16.7 Å². The summed E-state index contributed by atoms with van der Waals surface area (Å²) in [6, 6.07) is 0.815. The van der Waals surface area contributed by atoms with Crippen molar-refractivity contribution in [3.63, 3.8) is 0 Å². The monoisotopic (exact) mass is 303 g/mol. The number of nitrogens with one attached hydrogen (secondary N) is 1. The molecule has 20 heavy (non-hydrogen) atoms. The minimum atomic E-state index is -4.08. The summed E-state index contributed by atoms with van der Waals surface area (Å²) in [6.07, 6.45) is 3.35. The molecule has 1 aliphatic heterocycles. The smallest absolute Gasteiger partial charge is 0.265 e. The van der Waals surface area contributed by atoms with Crippen LogP contribution in [0.5, 0.6) is 0 Å². The van der Waals surface area contributed by atoms with E-state index in [1.54, 1.807) is 0 Å². The van der Waals surface area contributed by atoms with E-state index in [9.17, 15) is 13.2 Å². The Morgan fingerprint density at radius 1 is 1.35 bits per heavy atom. The topological polar surface area (TPSA) is 83.5 Å². The molecule has 6 heteroatoms. The molecule has 2 saturated carbocycles. The molecule has 3 fully saturated rings. The van der Waals surface area contributed by atoms with E-state index in [1.165, 1.54) is 13.0 Å². The zero-order valence-electron chi connectivity index (χ0n) is 12.5. The minimum absolute atomic E-state index is 0.0152. The second kappa shape index (κ2) is 5.07. The molecule has 3 rings (SSSR count). The Labute approximate surface area is 121 Å². The lowest BCUT2D eigenvalue weighted by Crippen LogP contribution is -2.42. The summed E-state index contributed by atoms with van der Waals surface area (Å²) in [5, 5.41) is 3.21. The maximum absolute atomic E-state index is 11.9. The van der Waals surface area contributed by atoms with Gasteiger partial charge in [-0.3, -0.25) is 9.35 Å². The van der Waals surface area contributed by atoms with Crippen molar-refractivity contribution in [2.45, 2.75) is 52.5 Å². The fourth-order valence-corrected chi connectivity index (χ4v) is 5.15. The molecular formula is C14H25NO4S. The molecule has 0 radical (unpaired) electrons. The lowest BCUT2D eigenvalue weighted by atomic mass is 9.70. The zero-order chi connectivity index (χ0) is 15.2. The fraction of sp³-hybridized carbons (Fsp3) is 0.929. The molecule has 5 nitrogen and oxygen atoms in total. The standard InChI is InChI=1S/C10H16O4S.C4H9N/c1-9(2)7-3-4-10(9,8(11)5-7)6-15(12,13)14;1-4-2-3-5-4/h7H,3-6H2,1-2H3,(H,12,13,14);4-5H,2-3H2,1H3. The van der Waals surface area contributed by atoms with Gasteiger partial charge in [0.1, 0.15) is 5.78 Å². The Morgan fingerprint density at radius 2 is 1.90 bits per heavy atom. The van der Waals surface area contributed by atoms with Crippen LogP contribution in [0.2, 0.25) is 0 Å². The first-order valence-corrected chi connectivity index (χ1v) is 8.91. The first-order chi connectivity index (χ1) is 9.08. The van der Waals surface area contributed by atoms with Gasteiger partial charge in [0.15, 0.2) is 0 Å². The second-order valence-corrected chi connectivity index (χ2v) is 8.49. The van der Waals surface area contributed by atoms with Crippen molar-refractivity contribution < 1.29 is 17.8 Å². The highest BCUT2D eigenvalue weighted by Gasteiger charge is 2.65. The molecule has 2 aliphatic carbocycles. The maximum Gasteiger partial charge on any atom is 0.265 e. The molecule has 0 aromatic rings. The Kier molecular flexibility index (Phi) is 4.04. The fourth-order valence-electron chi connectivity index (χ4n) is 3.85. The van der Waals surface area contributed by atoms with Gasteiger partial charge in [0.05, 0.1) is 11.2 Å². The van der Waals surface area contributed by atoms with Gasteiger partial charge in [-0.1, -0.05) is 13.8 Å². The van der Waals surface area contributed by atoms with Gasteiger partial charge in [0.2, 0.25) is 0 Å². The Bertz CT molecular complexity index is 495. The predicted molar refractivity (Wildman–Crippen MR) is 77.1 cm³/mol. The number of Topliss-reactive ketones (excluding diaryl/α,β-unsaturated/α-hetero) is 1. The summed E-state index contributed by atoms with van der Waals surface area (Å²) in [5.41, 5.74) is -1.12. The molecule has 0 spiro atoms. The van der Waals surface area contributed by atoms with Crippen LogP contribution in [-0.2, 0) is 14.9 Å². The van der Waals surface area contributed by atoms with Crippen molar-refractivity contribution in [3.8, 4) is 0 Å². The third-order valence-electron chi connectivity index (χ3n) is 5.64. The molecule has 2 N–H and O–H groups in total. The SMILES string of the molecule is CC1(C)C2CCC1(CS(=O)(=O)O)C(=O)C2.CC1CCN1. The average molecular weight is 303 g/mol. The van der Waals surface area contributed by atoms with E-state index in [0.717, 1.165) is 12.5 Å². The first-order valence-electron chi connectivity index (χ1n) is 7.30. The highest BCUT2D eigenvalue weighted by molar-refractivity contribution is 7.85. The van der Waals surface area contributed by atoms with E-state index in [2.05, 4.69) is 12.2 Å². The van der Waals surface area contributed by atoms with Crippen molar-refractivity contribution >= 4 is 15.9 Å². The van der Waals surface area contributed by atoms with E-state index < -0.39 is 21.3 Å². The first kappa shape index (κ1) is 15.9. The van der Waals surface area contributed by atoms with Gasteiger partial charge in [-0.25, -0.2) is 0 Å². The van der Waals surface area contributed by atoms with Gasteiger partial charge in [0, 0.05) is 12.5 Å². The summed E-state index contributed by atoms with van der Waals surface area (Å²) in [6.45, 7) is 7.33. The van der Waals surface area contributed by atoms with Gasteiger partial charge in [0.25, 0.3) is 10.1 Å². The lowest BCUT2D eigenvalue weighted by Gasteiger charge is -2.35. The molecule has 3 unspecified atom stereocenters. The van der Waals surface area contributed by atoms with Gasteiger partial charge in [-0.15, -0.1) is 0 Å². The number of hydrogen-bond donors (Lipinski definition) is 2. The Hall–Kier alpha value is -0.460. The summed E-state index contributed by atoms with van der Waals surface area (Å²) < 4.78 is 31.0. The molecule has 3 aliphatic rings. The molecule has 0 aromatic heterocycles. The summed E-state index contributed by atoms with van der Waals surface area (Å²) in [5.74, 6) is -0.101. The predicted octanol–water partition coefficient (Wildman–Crippen LogP) is 1.64. The van der Waals surface area contributed by atoms with Crippen LogP contribution in [0.1, 0.15) is 46.5 Å². The molecule has 116 valence electrons. The zero-order valence-corrected chi connectivity index (χ0v) is 13.3. The van der Waals surface area contributed by atoms with E-state index in [1.807, 2.05) is 13.8 Å². The van der Waals surface area contributed by atoms with Crippen LogP contribution in [0.3, 0.4) is 0 Å². The minimum Gasteiger partial charge on any atom is -0.314 e. The van der Waals surface area contributed by atoms with Crippen LogP contribution < -0.4 is 5.32 Å². The number of ketones is 1. The van der Waals surface area contributed by atoms with E-state index in [0.29, 0.717) is 12.8 Å². The average Bonchev–Trinajstić information content (AvgIpc) is 2.58. The van der Waals surface area contributed by atoms with Gasteiger partial charge < -0.3 is 5.32 Å². The summed E-state index contributed by atoms with van der Waals surface area (Å²) in [4.78, 5) is 11.9. The van der Waals surface area contributed by atoms with Crippen molar-refractivity contribution in [2.75, 3.05) is 12.3 Å². The van der Waals surface area contributed by atoms with Crippen LogP contribution >= 0.6 is 0 Å².